The van der Waals surface area contributed by atoms with Crippen LogP contribution >= 0.6 is 0 Å². The zero-order valence-electron chi connectivity index (χ0n) is 9.32. The highest BCUT2D eigenvalue weighted by Gasteiger charge is 2.18. The van der Waals surface area contributed by atoms with Crippen molar-refractivity contribution < 1.29 is 4.79 Å². The summed E-state index contributed by atoms with van der Waals surface area (Å²) in [6, 6.07) is 0.228. The number of carbonyl (C=O) groups excluding carboxylic acids is 1. The second kappa shape index (κ2) is 4.51. The molecule has 0 atom stereocenters. The summed E-state index contributed by atoms with van der Waals surface area (Å²) in [7, 11) is 1.51. The first kappa shape index (κ1) is 10.9. The van der Waals surface area contributed by atoms with Crippen molar-refractivity contribution in [3.8, 4) is 0 Å². The van der Waals surface area contributed by atoms with Crippen LogP contribution in [0.15, 0.2) is 4.79 Å². The van der Waals surface area contributed by atoms with E-state index in [2.05, 4.69) is 15.4 Å². The van der Waals surface area contributed by atoms with Gasteiger partial charge in [-0.2, -0.15) is 0 Å². The molecular formula is C10H16N4O2. The molecule has 0 aromatic carbocycles. The van der Waals surface area contributed by atoms with E-state index in [9.17, 15) is 9.59 Å². The van der Waals surface area contributed by atoms with E-state index in [0.29, 0.717) is 0 Å². The zero-order chi connectivity index (χ0) is 11.5. The maximum Gasteiger partial charge on any atom is 0.343 e. The molecule has 16 heavy (non-hydrogen) atoms. The maximum atomic E-state index is 11.7. The molecule has 88 valence electrons. The first-order valence-corrected chi connectivity index (χ1v) is 5.61. The van der Waals surface area contributed by atoms with Crippen LogP contribution in [0.1, 0.15) is 42.7 Å². The molecule has 1 aliphatic rings. The van der Waals surface area contributed by atoms with E-state index in [1.807, 2.05) is 0 Å². The number of rotatable bonds is 2. The number of hydrogen-bond acceptors (Lipinski definition) is 3. The van der Waals surface area contributed by atoms with E-state index in [-0.39, 0.29) is 23.5 Å². The van der Waals surface area contributed by atoms with Crippen molar-refractivity contribution in [2.24, 2.45) is 7.05 Å². The van der Waals surface area contributed by atoms with Gasteiger partial charge >= 0.3 is 5.69 Å². The summed E-state index contributed by atoms with van der Waals surface area (Å²) in [5.74, 6) is -0.192. The third-order valence-corrected chi connectivity index (χ3v) is 2.92. The van der Waals surface area contributed by atoms with Crippen molar-refractivity contribution in [2.75, 3.05) is 0 Å². The molecule has 0 saturated heterocycles. The Morgan fingerprint density at radius 1 is 1.44 bits per heavy atom. The lowest BCUT2D eigenvalue weighted by molar-refractivity contribution is 0.0917. The van der Waals surface area contributed by atoms with Gasteiger partial charge in [0.05, 0.1) is 0 Å². The summed E-state index contributed by atoms with van der Waals surface area (Å²) in [4.78, 5) is 25.2. The van der Waals surface area contributed by atoms with E-state index < -0.39 is 0 Å². The molecule has 0 unspecified atom stereocenters. The SMILES string of the molecule is Cn1nc(C(=O)NC2CCCCC2)[nH]c1=O. The molecule has 0 aliphatic heterocycles. The van der Waals surface area contributed by atoms with Gasteiger partial charge in [0.1, 0.15) is 0 Å². The topological polar surface area (TPSA) is 79.8 Å². The minimum absolute atomic E-state index is 0.0954. The Labute approximate surface area is 93.0 Å². The number of H-pyrrole nitrogens is 1. The molecule has 1 heterocycles. The van der Waals surface area contributed by atoms with Gasteiger partial charge in [-0.25, -0.2) is 9.48 Å². The Morgan fingerprint density at radius 2 is 2.12 bits per heavy atom. The Balaban J connectivity index is 1.99. The number of aromatic amines is 1. The Hall–Kier alpha value is -1.59. The average Bonchev–Trinajstić information content (AvgIpc) is 2.61. The molecule has 1 aromatic rings. The monoisotopic (exact) mass is 224 g/mol. The molecule has 1 aromatic heterocycles. The Bertz CT molecular complexity index is 428. The lowest BCUT2D eigenvalue weighted by Crippen LogP contribution is -2.36. The molecule has 6 nitrogen and oxygen atoms in total. The van der Waals surface area contributed by atoms with Gasteiger partial charge < -0.3 is 5.32 Å². The fraction of sp³-hybridized carbons (Fsp3) is 0.700. The molecule has 1 aliphatic carbocycles. The summed E-state index contributed by atoms with van der Waals surface area (Å²) in [5, 5.41) is 6.70. The molecule has 1 saturated carbocycles. The van der Waals surface area contributed by atoms with Crippen LogP contribution in [0.3, 0.4) is 0 Å². The fourth-order valence-electron chi connectivity index (χ4n) is 2.01. The number of aryl methyl sites for hydroxylation is 1. The lowest BCUT2D eigenvalue weighted by Gasteiger charge is -2.21. The number of aromatic nitrogens is 3. The van der Waals surface area contributed by atoms with Crippen LogP contribution in [-0.2, 0) is 7.05 Å². The number of nitrogens with one attached hydrogen (secondary N) is 2. The van der Waals surface area contributed by atoms with Crippen LogP contribution in [0, 0.1) is 0 Å². The third kappa shape index (κ3) is 2.32. The summed E-state index contributed by atoms with van der Waals surface area (Å²) in [5.41, 5.74) is -0.367. The van der Waals surface area contributed by atoms with Crippen LogP contribution in [0.4, 0.5) is 0 Å². The number of nitrogens with zero attached hydrogens (tertiary/aromatic N) is 2. The summed E-state index contributed by atoms with van der Waals surface area (Å²) in [6.07, 6.45) is 5.59. The molecule has 1 fully saturated rings. The highest BCUT2D eigenvalue weighted by Crippen LogP contribution is 2.17. The number of carbonyl (C=O) groups is 1. The van der Waals surface area contributed by atoms with Crippen LogP contribution in [0.2, 0.25) is 0 Å². The van der Waals surface area contributed by atoms with Gasteiger partial charge in [-0.1, -0.05) is 19.3 Å². The molecule has 2 rings (SSSR count). The highest BCUT2D eigenvalue weighted by molar-refractivity contribution is 5.90. The van der Waals surface area contributed by atoms with Gasteiger partial charge in [-0.3, -0.25) is 9.78 Å². The second-order valence-corrected chi connectivity index (χ2v) is 4.21. The smallest absolute Gasteiger partial charge is 0.343 e. The average molecular weight is 224 g/mol. The van der Waals surface area contributed by atoms with Crippen molar-refractivity contribution >= 4 is 5.91 Å². The molecule has 1 amide bonds. The maximum absolute atomic E-state index is 11.7. The van der Waals surface area contributed by atoms with Crippen molar-refractivity contribution in [1.82, 2.24) is 20.1 Å². The normalized spacial score (nSPS) is 17.3. The number of amides is 1. The molecule has 2 N–H and O–H groups in total. The number of hydrogen-bond donors (Lipinski definition) is 2. The van der Waals surface area contributed by atoms with E-state index in [0.717, 1.165) is 30.4 Å². The molecular weight excluding hydrogens is 208 g/mol. The van der Waals surface area contributed by atoms with Crippen LogP contribution in [0.5, 0.6) is 0 Å². The van der Waals surface area contributed by atoms with Crippen LogP contribution < -0.4 is 11.0 Å². The van der Waals surface area contributed by atoms with E-state index in [1.165, 1.54) is 13.5 Å². The molecule has 0 bridgehead atoms. The molecule has 0 radical (unpaired) electrons. The first-order chi connectivity index (χ1) is 7.66. The van der Waals surface area contributed by atoms with Gasteiger partial charge in [0.15, 0.2) is 0 Å². The van der Waals surface area contributed by atoms with Crippen LogP contribution in [0.25, 0.3) is 0 Å². The third-order valence-electron chi connectivity index (χ3n) is 2.92. The molecule has 6 heteroatoms. The van der Waals surface area contributed by atoms with Gasteiger partial charge in [0, 0.05) is 13.1 Å². The predicted octanol–water partition coefficient (Wildman–Crippen LogP) is 0.171. The highest BCUT2D eigenvalue weighted by atomic mass is 16.2. The quantitative estimate of drug-likeness (QED) is 0.751. The fourth-order valence-corrected chi connectivity index (χ4v) is 2.01. The van der Waals surface area contributed by atoms with E-state index >= 15 is 0 Å². The Kier molecular flexibility index (Phi) is 3.07. The van der Waals surface area contributed by atoms with Gasteiger partial charge in [-0.15, -0.1) is 5.10 Å². The lowest BCUT2D eigenvalue weighted by atomic mass is 9.95. The minimum Gasteiger partial charge on any atom is -0.347 e. The largest absolute Gasteiger partial charge is 0.347 e. The van der Waals surface area contributed by atoms with Crippen molar-refractivity contribution in [2.45, 2.75) is 38.1 Å². The first-order valence-electron chi connectivity index (χ1n) is 5.61. The van der Waals surface area contributed by atoms with Crippen molar-refractivity contribution in [3.63, 3.8) is 0 Å². The van der Waals surface area contributed by atoms with Crippen LogP contribution in [-0.4, -0.2) is 26.7 Å². The van der Waals surface area contributed by atoms with Gasteiger partial charge in [0.2, 0.25) is 5.82 Å². The summed E-state index contributed by atoms with van der Waals surface area (Å²) in [6.45, 7) is 0. The van der Waals surface area contributed by atoms with Crippen molar-refractivity contribution in [1.29, 1.82) is 0 Å². The zero-order valence-corrected chi connectivity index (χ0v) is 9.32. The minimum atomic E-state index is -0.367. The standard InChI is InChI=1S/C10H16N4O2/c1-14-10(16)12-8(13-14)9(15)11-7-5-3-2-4-6-7/h7H,2-6H2,1H3,(H,11,15)(H,12,13,16). The van der Waals surface area contributed by atoms with E-state index in [1.54, 1.807) is 0 Å². The predicted molar refractivity (Wildman–Crippen MR) is 58.2 cm³/mol. The second-order valence-electron chi connectivity index (χ2n) is 4.21. The molecule has 0 spiro atoms. The van der Waals surface area contributed by atoms with E-state index in [4.69, 9.17) is 0 Å². The van der Waals surface area contributed by atoms with Gasteiger partial charge in [0.25, 0.3) is 5.91 Å². The summed E-state index contributed by atoms with van der Waals surface area (Å²) >= 11 is 0. The summed E-state index contributed by atoms with van der Waals surface area (Å²) < 4.78 is 1.12. The van der Waals surface area contributed by atoms with Gasteiger partial charge in [-0.05, 0) is 12.8 Å². The Morgan fingerprint density at radius 3 is 2.69 bits per heavy atom. The van der Waals surface area contributed by atoms with Crippen molar-refractivity contribution in [3.05, 3.63) is 16.3 Å².